The van der Waals surface area contributed by atoms with Gasteiger partial charge in [-0.1, -0.05) is 11.6 Å². The number of hydrogen-bond acceptors (Lipinski definition) is 3. The summed E-state index contributed by atoms with van der Waals surface area (Å²) in [5, 5.41) is 0. The van der Waals surface area contributed by atoms with Crippen LogP contribution in [0.4, 0.5) is 0 Å². The molecule has 1 N–H and O–H groups in total. The Morgan fingerprint density at radius 3 is 2.88 bits per heavy atom. The van der Waals surface area contributed by atoms with Crippen molar-refractivity contribution in [2.24, 2.45) is 0 Å². The van der Waals surface area contributed by atoms with E-state index in [0.717, 1.165) is 22.8 Å². The van der Waals surface area contributed by atoms with Crippen LogP contribution >= 0.6 is 12.6 Å². The standard InChI is InChI=1S/C12H14N2OS/c1-8-3-4-11(15-2)9(5-8)10-6-13-12(7-16)14-10/h3-6,16H,7H2,1-2H3,(H,13,14). The van der Waals surface area contributed by atoms with Crippen molar-refractivity contribution >= 4 is 12.6 Å². The Balaban J connectivity index is 2.49. The van der Waals surface area contributed by atoms with E-state index < -0.39 is 0 Å². The third-order valence-corrected chi connectivity index (χ3v) is 2.72. The van der Waals surface area contributed by atoms with E-state index in [0.29, 0.717) is 5.75 Å². The zero-order valence-corrected chi connectivity index (χ0v) is 10.2. The number of thiol groups is 1. The molecule has 0 spiro atoms. The van der Waals surface area contributed by atoms with Crippen molar-refractivity contribution in [1.82, 2.24) is 9.97 Å². The normalized spacial score (nSPS) is 10.4. The highest BCUT2D eigenvalue weighted by Crippen LogP contribution is 2.29. The molecular weight excluding hydrogens is 220 g/mol. The average molecular weight is 234 g/mol. The van der Waals surface area contributed by atoms with Crippen molar-refractivity contribution in [3.63, 3.8) is 0 Å². The van der Waals surface area contributed by atoms with Crippen LogP contribution in [0.1, 0.15) is 11.4 Å². The minimum atomic E-state index is 0.605. The molecule has 0 aliphatic carbocycles. The minimum absolute atomic E-state index is 0.605. The van der Waals surface area contributed by atoms with Crippen molar-refractivity contribution in [3.8, 4) is 17.0 Å². The van der Waals surface area contributed by atoms with Gasteiger partial charge < -0.3 is 9.72 Å². The first-order chi connectivity index (χ1) is 7.74. The van der Waals surface area contributed by atoms with Gasteiger partial charge >= 0.3 is 0 Å². The Bertz CT molecular complexity index is 494. The number of H-pyrrole nitrogens is 1. The number of aryl methyl sites for hydroxylation is 1. The van der Waals surface area contributed by atoms with Gasteiger partial charge in [-0.05, 0) is 19.1 Å². The predicted octanol–water partition coefficient (Wildman–Crippen LogP) is 2.82. The molecule has 1 aromatic heterocycles. The maximum atomic E-state index is 5.33. The van der Waals surface area contributed by atoms with Crippen LogP contribution in [0.3, 0.4) is 0 Å². The van der Waals surface area contributed by atoms with Crippen LogP contribution in [0.25, 0.3) is 11.3 Å². The second-order valence-corrected chi connectivity index (χ2v) is 3.92. The molecule has 3 nitrogen and oxygen atoms in total. The molecule has 84 valence electrons. The van der Waals surface area contributed by atoms with E-state index in [1.807, 2.05) is 18.3 Å². The first kappa shape index (κ1) is 11.1. The summed E-state index contributed by atoms with van der Waals surface area (Å²) in [6, 6.07) is 6.07. The molecule has 2 rings (SSSR count). The summed E-state index contributed by atoms with van der Waals surface area (Å²) in [5.74, 6) is 2.32. The molecule has 1 aromatic carbocycles. The van der Waals surface area contributed by atoms with Gasteiger partial charge in [0.25, 0.3) is 0 Å². The molecule has 16 heavy (non-hydrogen) atoms. The van der Waals surface area contributed by atoms with E-state index in [9.17, 15) is 0 Å². The van der Waals surface area contributed by atoms with Crippen LogP contribution in [0.2, 0.25) is 0 Å². The fraction of sp³-hybridized carbons (Fsp3) is 0.250. The van der Waals surface area contributed by atoms with Gasteiger partial charge in [0, 0.05) is 11.3 Å². The van der Waals surface area contributed by atoms with Gasteiger partial charge in [-0.2, -0.15) is 12.6 Å². The highest BCUT2D eigenvalue weighted by molar-refractivity contribution is 7.79. The molecule has 4 heteroatoms. The van der Waals surface area contributed by atoms with Crippen LogP contribution in [0.5, 0.6) is 5.75 Å². The van der Waals surface area contributed by atoms with Gasteiger partial charge in [0.15, 0.2) is 0 Å². The number of aromatic nitrogens is 2. The van der Waals surface area contributed by atoms with Crippen molar-refractivity contribution in [3.05, 3.63) is 35.8 Å². The average Bonchev–Trinajstić information content (AvgIpc) is 2.77. The van der Waals surface area contributed by atoms with Crippen LogP contribution in [0, 0.1) is 6.92 Å². The van der Waals surface area contributed by atoms with E-state index in [-0.39, 0.29) is 0 Å². The fourth-order valence-corrected chi connectivity index (χ4v) is 1.77. The second kappa shape index (κ2) is 4.61. The van der Waals surface area contributed by atoms with E-state index in [2.05, 4.69) is 35.6 Å². The lowest BCUT2D eigenvalue weighted by Gasteiger charge is -2.07. The molecule has 0 fully saturated rings. The number of methoxy groups -OCH3 is 1. The number of nitrogens with one attached hydrogen (secondary N) is 1. The number of ether oxygens (including phenoxy) is 1. The van der Waals surface area contributed by atoms with Crippen LogP contribution in [-0.4, -0.2) is 17.1 Å². The van der Waals surface area contributed by atoms with Crippen molar-refractivity contribution in [1.29, 1.82) is 0 Å². The number of benzene rings is 1. The molecule has 0 unspecified atom stereocenters. The molecule has 0 bridgehead atoms. The quantitative estimate of drug-likeness (QED) is 0.801. The van der Waals surface area contributed by atoms with E-state index >= 15 is 0 Å². The van der Waals surface area contributed by atoms with Crippen LogP contribution < -0.4 is 4.74 Å². The molecule has 0 aliphatic heterocycles. The first-order valence-electron chi connectivity index (χ1n) is 5.04. The lowest BCUT2D eigenvalue weighted by molar-refractivity contribution is 0.416. The Morgan fingerprint density at radius 1 is 1.44 bits per heavy atom. The van der Waals surface area contributed by atoms with Gasteiger partial charge in [-0.25, -0.2) is 4.98 Å². The van der Waals surface area contributed by atoms with Crippen LogP contribution in [-0.2, 0) is 5.75 Å². The number of aromatic amines is 1. The third kappa shape index (κ3) is 2.07. The summed E-state index contributed by atoms with van der Waals surface area (Å²) in [6.07, 6.45) is 1.81. The predicted molar refractivity (Wildman–Crippen MR) is 68.0 cm³/mol. The largest absolute Gasteiger partial charge is 0.496 e. The first-order valence-corrected chi connectivity index (χ1v) is 5.67. The summed E-state index contributed by atoms with van der Waals surface area (Å²) in [5.41, 5.74) is 3.19. The summed E-state index contributed by atoms with van der Waals surface area (Å²) in [4.78, 5) is 7.44. The van der Waals surface area contributed by atoms with Crippen molar-refractivity contribution in [2.45, 2.75) is 12.7 Å². The summed E-state index contributed by atoms with van der Waals surface area (Å²) < 4.78 is 5.33. The Morgan fingerprint density at radius 2 is 2.25 bits per heavy atom. The molecule has 1 heterocycles. The molecular formula is C12H14N2OS. The molecule has 0 saturated carbocycles. The van der Waals surface area contributed by atoms with Crippen molar-refractivity contribution < 1.29 is 4.74 Å². The molecule has 0 saturated heterocycles. The third-order valence-electron chi connectivity index (χ3n) is 2.42. The topological polar surface area (TPSA) is 37.9 Å². The number of rotatable bonds is 3. The minimum Gasteiger partial charge on any atom is -0.496 e. The highest BCUT2D eigenvalue weighted by atomic mass is 32.1. The van der Waals surface area contributed by atoms with Gasteiger partial charge in [-0.15, -0.1) is 0 Å². The number of imidazole rings is 1. The second-order valence-electron chi connectivity index (χ2n) is 3.61. The van der Waals surface area contributed by atoms with E-state index in [1.54, 1.807) is 7.11 Å². The maximum Gasteiger partial charge on any atom is 0.128 e. The van der Waals surface area contributed by atoms with Crippen molar-refractivity contribution in [2.75, 3.05) is 7.11 Å². The molecule has 2 aromatic rings. The summed E-state index contributed by atoms with van der Waals surface area (Å²) in [6.45, 7) is 2.05. The molecule has 0 amide bonds. The van der Waals surface area contributed by atoms with Gasteiger partial charge in [0.05, 0.1) is 19.0 Å². The van der Waals surface area contributed by atoms with Gasteiger partial charge in [-0.3, -0.25) is 0 Å². The maximum absolute atomic E-state index is 5.33. The number of hydrogen-bond donors (Lipinski definition) is 2. The molecule has 0 aliphatic rings. The SMILES string of the molecule is COc1ccc(C)cc1-c1cnc(CS)[nH]1. The zero-order valence-electron chi connectivity index (χ0n) is 9.32. The lowest BCUT2D eigenvalue weighted by Crippen LogP contribution is -1.89. The molecule has 0 radical (unpaired) electrons. The van der Waals surface area contributed by atoms with E-state index in [4.69, 9.17) is 4.74 Å². The van der Waals surface area contributed by atoms with Crippen LogP contribution in [0.15, 0.2) is 24.4 Å². The Kier molecular flexibility index (Phi) is 3.19. The Hall–Kier alpha value is -1.42. The van der Waals surface area contributed by atoms with Gasteiger partial charge in [0.2, 0.25) is 0 Å². The summed E-state index contributed by atoms with van der Waals surface area (Å²) >= 11 is 4.18. The monoisotopic (exact) mass is 234 g/mol. The fourth-order valence-electron chi connectivity index (χ4n) is 1.61. The molecule has 0 atom stereocenters. The Labute approximate surface area is 100 Å². The smallest absolute Gasteiger partial charge is 0.128 e. The van der Waals surface area contributed by atoms with Gasteiger partial charge in [0.1, 0.15) is 11.6 Å². The lowest BCUT2D eigenvalue weighted by atomic mass is 10.1. The number of nitrogens with zero attached hydrogens (tertiary/aromatic N) is 1. The zero-order chi connectivity index (χ0) is 11.5. The van der Waals surface area contributed by atoms with E-state index in [1.165, 1.54) is 5.56 Å². The highest BCUT2D eigenvalue weighted by Gasteiger charge is 2.08. The summed E-state index contributed by atoms with van der Waals surface area (Å²) in [7, 11) is 1.67.